The van der Waals surface area contributed by atoms with E-state index in [-0.39, 0.29) is 0 Å². The fraction of sp³-hybridized carbons (Fsp3) is 0.259. The summed E-state index contributed by atoms with van der Waals surface area (Å²) in [5.74, 6) is 1.16. The molecule has 1 N–H and O–H groups in total. The average Bonchev–Trinajstić information content (AvgIpc) is 2.78. The fourth-order valence-electron chi connectivity index (χ4n) is 3.75. The van der Waals surface area contributed by atoms with E-state index in [9.17, 15) is 5.11 Å². The lowest BCUT2D eigenvalue weighted by Gasteiger charge is -2.19. The zero-order valence-electron chi connectivity index (χ0n) is 18.0. The molecule has 0 unspecified atom stereocenters. The van der Waals surface area contributed by atoms with Crippen LogP contribution in [0.2, 0.25) is 0 Å². The molecule has 156 valence electrons. The number of likely N-dealkylation sites (N-methyl/N-ethyl adjacent to an activating group) is 1. The monoisotopic (exact) mass is 401 g/mol. The highest BCUT2D eigenvalue weighted by Crippen LogP contribution is 2.30. The van der Waals surface area contributed by atoms with Crippen LogP contribution in [0.1, 0.15) is 19.4 Å². The minimum absolute atomic E-state index is 0.327. The SMILES string of the molecule is C=C/C=c1/cccc/c1=C(/O)Cc1c(OCCN(CC)CC)ccc2ccccc12. The molecule has 0 aliphatic heterocycles. The van der Waals surface area contributed by atoms with Crippen molar-refractivity contribution in [3.8, 4) is 5.75 Å². The Morgan fingerprint density at radius 2 is 1.73 bits per heavy atom. The van der Waals surface area contributed by atoms with Gasteiger partial charge in [0.25, 0.3) is 0 Å². The number of hydrogen-bond donors (Lipinski definition) is 1. The fourth-order valence-corrected chi connectivity index (χ4v) is 3.75. The first-order valence-electron chi connectivity index (χ1n) is 10.6. The van der Waals surface area contributed by atoms with E-state index in [2.05, 4.69) is 43.5 Å². The minimum Gasteiger partial charge on any atom is -0.511 e. The maximum atomic E-state index is 11.1. The zero-order valence-corrected chi connectivity index (χ0v) is 18.0. The number of nitrogens with zero attached hydrogens (tertiary/aromatic N) is 1. The van der Waals surface area contributed by atoms with Crippen molar-refractivity contribution in [2.45, 2.75) is 20.3 Å². The molecule has 3 aromatic carbocycles. The summed E-state index contributed by atoms with van der Waals surface area (Å²) in [5, 5.41) is 15.1. The van der Waals surface area contributed by atoms with Gasteiger partial charge in [0.15, 0.2) is 0 Å². The van der Waals surface area contributed by atoms with Gasteiger partial charge in [-0.1, -0.05) is 87.2 Å². The van der Waals surface area contributed by atoms with Crippen molar-refractivity contribution in [1.29, 1.82) is 0 Å². The Bertz CT molecular complexity index is 1110. The summed E-state index contributed by atoms with van der Waals surface area (Å²) in [5.41, 5.74) is 1.01. The molecule has 0 saturated carbocycles. The molecule has 0 aliphatic carbocycles. The Kier molecular flexibility index (Phi) is 7.69. The van der Waals surface area contributed by atoms with E-state index >= 15 is 0 Å². The molecule has 3 nitrogen and oxygen atoms in total. The number of ether oxygens (including phenoxy) is 1. The van der Waals surface area contributed by atoms with Gasteiger partial charge in [0.1, 0.15) is 18.1 Å². The van der Waals surface area contributed by atoms with Crippen molar-refractivity contribution in [2.24, 2.45) is 0 Å². The van der Waals surface area contributed by atoms with Crippen LogP contribution in [0.15, 0.2) is 73.3 Å². The van der Waals surface area contributed by atoms with Crippen LogP contribution in [0.4, 0.5) is 0 Å². The van der Waals surface area contributed by atoms with E-state index in [1.165, 1.54) is 0 Å². The quantitative estimate of drug-likeness (QED) is 0.576. The van der Waals surface area contributed by atoms with Crippen molar-refractivity contribution in [3.05, 3.63) is 89.3 Å². The molecule has 0 radical (unpaired) electrons. The summed E-state index contributed by atoms with van der Waals surface area (Å²) in [4.78, 5) is 2.34. The van der Waals surface area contributed by atoms with Crippen LogP contribution >= 0.6 is 0 Å². The second kappa shape index (κ2) is 10.7. The molecule has 3 rings (SSSR count). The molecule has 0 amide bonds. The summed E-state index contributed by atoms with van der Waals surface area (Å²) in [6.45, 7) is 11.6. The molecular formula is C27H31NO2. The molecule has 0 aliphatic rings. The number of hydrogen-bond acceptors (Lipinski definition) is 3. The van der Waals surface area contributed by atoms with E-state index in [0.29, 0.717) is 18.8 Å². The number of allylic oxidation sites excluding steroid dienone is 1. The normalized spacial score (nSPS) is 13.0. The number of aliphatic hydroxyl groups is 1. The summed E-state index contributed by atoms with van der Waals surface area (Å²) < 4.78 is 6.20. The van der Waals surface area contributed by atoms with Gasteiger partial charge in [0, 0.05) is 23.7 Å². The highest BCUT2D eigenvalue weighted by molar-refractivity contribution is 5.88. The van der Waals surface area contributed by atoms with Crippen LogP contribution in [-0.4, -0.2) is 36.2 Å². The lowest BCUT2D eigenvalue weighted by atomic mass is 9.99. The highest BCUT2D eigenvalue weighted by atomic mass is 16.5. The molecule has 0 heterocycles. The first-order chi connectivity index (χ1) is 14.7. The summed E-state index contributed by atoms with van der Waals surface area (Å²) in [6, 6.07) is 20.2. The molecule has 0 bridgehead atoms. The molecule has 0 saturated heterocycles. The van der Waals surface area contributed by atoms with E-state index in [1.807, 2.05) is 48.5 Å². The van der Waals surface area contributed by atoms with E-state index < -0.39 is 0 Å². The topological polar surface area (TPSA) is 32.7 Å². The molecule has 30 heavy (non-hydrogen) atoms. The maximum Gasteiger partial charge on any atom is 0.123 e. The molecule has 0 fully saturated rings. The van der Waals surface area contributed by atoms with Gasteiger partial charge in [-0.3, -0.25) is 0 Å². The third-order valence-electron chi connectivity index (χ3n) is 5.47. The number of rotatable bonds is 9. The molecule has 3 heteroatoms. The van der Waals surface area contributed by atoms with E-state index in [0.717, 1.165) is 52.2 Å². The van der Waals surface area contributed by atoms with Gasteiger partial charge in [-0.2, -0.15) is 0 Å². The Balaban J connectivity index is 2.02. The summed E-state index contributed by atoms with van der Waals surface area (Å²) in [7, 11) is 0. The van der Waals surface area contributed by atoms with Crippen LogP contribution in [-0.2, 0) is 6.42 Å². The van der Waals surface area contributed by atoms with Crippen molar-refractivity contribution in [2.75, 3.05) is 26.2 Å². The zero-order chi connectivity index (χ0) is 21.3. The average molecular weight is 402 g/mol. The van der Waals surface area contributed by atoms with Crippen LogP contribution in [0.3, 0.4) is 0 Å². The van der Waals surface area contributed by atoms with Gasteiger partial charge in [-0.05, 0) is 35.1 Å². The molecule has 0 spiro atoms. The molecule has 3 aromatic rings. The van der Waals surface area contributed by atoms with E-state index in [4.69, 9.17) is 4.74 Å². The Morgan fingerprint density at radius 1 is 1.00 bits per heavy atom. The van der Waals surface area contributed by atoms with E-state index in [1.54, 1.807) is 6.08 Å². The van der Waals surface area contributed by atoms with Gasteiger partial charge in [-0.15, -0.1) is 0 Å². The lowest BCUT2D eigenvalue weighted by molar-refractivity contribution is 0.222. The smallest absolute Gasteiger partial charge is 0.123 e. The summed E-state index contributed by atoms with van der Waals surface area (Å²) >= 11 is 0. The number of benzene rings is 3. The van der Waals surface area contributed by atoms with Crippen LogP contribution in [0, 0.1) is 0 Å². The lowest BCUT2D eigenvalue weighted by Crippen LogP contribution is -2.28. The standard InChI is InChI=1S/C27H31NO2/c1-4-11-21-12-8-10-15-24(21)26(29)20-25-23-14-9-7-13-22(23)16-17-27(25)30-19-18-28(5-2)6-3/h4,7-17,29H,1,5-6,18-20H2,2-3H3/b21-11-,26-24-. The van der Waals surface area contributed by atoms with Crippen LogP contribution in [0.25, 0.3) is 22.6 Å². The predicted molar refractivity (Wildman–Crippen MR) is 127 cm³/mol. The molecule has 0 aromatic heterocycles. The predicted octanol–water partition coefficient (Wildman–Crippen LogP) is 4.44. The number of aliphatic hydroxyl groups excluding tert-OH is 1. The highest BCUT2D eigenvalue weighted by Gasteiger charge is 2.12. The molecule has 0 atom stereocenters. The minimum atomic E-state index is 0.327. The summed E-state index contributed by atoms with van der Waals surface area (Å²) in [6.07, 6.45) is 4.06. The molecular weight excluding hydrogens is 370 g/mol. The van der Waals surface area contributed by atoms with Gasteiger partial charge < -0.3 is 14.7 Å². The largest absolute Gasteiger partial charge is 0.511 e. The van der Waals surface area contributed by atoms with Crippen molar-refractivity contribution in [3.63, 3.8) is 0 Å². The first-order valence-corrected chi connectivity index (χ1v) is 10.6. The van der Waals surface area contributed by atoms with Crippen molar-refractivity contribution in [1.82, 2.24) is 4.90 Å². The second-order valence-electron chi connectivity index (χ2n) is 7.25. The van der Waals surface area contributed by atoms with Crippen LogP contribution in [0.5, 0.6) is 5.75 Å². The van der Waals surface area contributed by atoms with Gasteiger partial charge in [0.05, 0.1) is 0 Å². The maximum absolute atomic E-state index is 11.1. The Morgan fingerprint density at radius 3 is 2.50 bits per heavy atom. The Hall–Kier alpha value is -3.04. The van der Waals surface area contributed by atoms with Gasteiger partial charge in [0.2, 0.25) is 0 Å². The second-order valence-corrected chi connectivity index (χ2v) is 7.25. The van der Waals surface area contributed by atoms with Gasteiger partial charge in [-0.25, -0.2) is 0 Å². The first kappa shape index (κ1) is 21.7. The van der Waals surface area contributed by atoms with Gasteiger partial charge >= 0.3 is 0 Å². The Labute approximate surface area is 179 Å². The number of fused-ring (bicyclic) bond motifs is 1. The third kappa shape index (κ3) is 5.11. The van der Waals surface area contributed by atoms with Crippen molar-refractivity contribution >= 4 is 22.6 Å². The van der Waals surface area contributed by atoms with Crippen LogP contribution < -0.4 is 15.2 Å². The third-order valence-corrected chi connectivity index (χ3v) is 5.47. The van der Waals surface area contributed by atoms with Crippen molar-refractivity contribution < 1.29 is 9.84 Å².